The minimum Gasteiger partial charge on any atom is -0.492 e. The van der Waals surface area contributed by atoms with Crippen LogP contribution >= 0.6 is 11.8 Å². The molecule has 1 N–H and O–H groups in total. The van der Waals surface area contributed by atoms with Crippen LogP contribution in [0.25, 0.3) is 0 Å². The molecule has 1 fully saturated rings. The van der Waals surface area contributed by atoms with Gasteiger partial charge in [0.25, 0.3) is 11.7 Å². The number of hydrogen-bond donors (Lipinski definition) is 1. The molecule has 3 rings (SSSR count). The minimum atomic E-state index is -3.77. The molecule has 0 atom stereocenters. The Labute approximate surface area is 185 Å². The second kappa shape index (κ2) is 10.4. The van der Waals surface area contributed by atoms with Crippen LogP contribution in [0.2, 0.25) is 0 Å². The number of rotatable bonds is 8. The molecule has 2 aromatic rings. The third-order valence-corrected chi connectivity index (χ3v) is 7.42. The molecule has 0 radical (unpaired) electrons. The highest BCUT2D eigenvalue weighted by molar-refractivity contribution is 7.99. The summed E-state index contributed by atoms with van der Waals surface area (Å²) in [5, 5.41) is 2.67. The van der Waals surface area contributed by atoms with Gasteiger partial charge in [-0.25, -0.2) is 8.42 Å². The van der Waals surface area contributed by atoms with E-state index in [1.165, 1.54) is 40.7 Å². The third kappa shape index (κ3) is 5.96. The largest absolute Gasteiger partial charge is 0.492 e. The quantitative estimate of drug-likeness (QED) is 0.560. The zero-order chi connectivity index (χ0) is 22.4. The van der Waals surface area contributed by atoms with Gasteiger partial charge in [-0.15, -0.1) is 0 Å². The number of alkyl halides is 2. The Kier molecular flexibility index (Phi) is 7.90. The van der Waals surface area contributed by atoms with Crippen molar-refractivity contribution in [2.45, 2.75) is 41.7 Å². The normalized spacial score (nSPS) is 15.1. The van der Waals surface area contributed by atoms with Crippen LogP contribution in [-0.4, -0.2) is 44.1 Å². The lowest BCUT2D eigenvalue weighted by Gasteiger charge is -2.27. The number of ether oxygens (including phenoxy) is 1. The van der Waals surface area contributed by atoms with Crippen LogP contribution in [0.4, 0.5) is 14.5 Å². The fraction of sp³-hybridized carbons (Fsp3) is 0.381. The summed E-state index contributed by atoms with van der Waals surface area (Å²) >= 11 is 0.397. The SMILES string of the molecule is CCOc1ccc(NC(=O)c2ccc(SC(F)F)cc2)cc1S(=O)(=O)N1CCCCC1. The maximum Gasteiger partial charge on any atom is 0.288 e. The Morgan fingerprint density at radius 2 is 1.81 bits per heavy atom. The van der Waals surface area contributed by atoms with Crippen molar-refractivity contribution in [1.82, 2.24) is 4.31 Å². The number of amides is 1. The van der Waals surface area contributed by atoms with Gasteiger partial charge >= 0.3 is 0 Å². The van der Waals surface area contributed by atoms with Gasteiger partial charge < -0.3 is 10.1 Å². The van der Waals surface area contributed by atoms with E-state index in [0.29, 0.717) is 42.0 Å². The van der Waals surface area contributed by atoms with Crippen LogP contribution < -0.4 is 10.1 Å². The van der Waals surface area contributed by atoms with Crippen LogP contribution in [0.1, 0.15) is 36.5 Å². The lowest BCUT2D eigenvalue weighted by molar-refractivity contribution is 0.102. The molecule has 0 aliphatic carbocycles. The number of benzene rings is 2. The van der Waals surface area contributed by atoms with E-state index in [4.69, 9.17) is 4.74 Å². The Bertz CT molecular complexity index is 1010. The van der Waals surface area contributed by atoms with E-state index in [1.807, 2.05) is 0 Å². The molecule has 0 aromatic heterocycles. The van der Waals surface area contributed by atoms with E-state index in [0.717, 1.165) is 19.3 Å². The van der Waals surface area contributed by atoms with Gasteiger partial charge in [0, 0.05) is 29.2 Å². The first kappa shape index (κ1) is 23.5. The Hall–Kier alpha value is -2.17. The molecule has 1 saturated heterocycles. The highest BCUT2D eigenvalue weighted by Crippen LogP contribution is 2.32. The predicted molar refractivity (Wildman–Crippen MR) is 116 cm³/mol. The summed E-state index contributed by atoms with van der Waals surface area (Å²) in [5.41, 5.74) is 0.572. The zero-order valence-electron chi connectivity index (χ0n) is 17.0. The van der Waals surface area contributed by atoms with Gasteiger partial charge in [-0.2, -0.15) is 13.1 Å². The molecule has 0 spiro atoms. The van der Waals surface area contributed by atoms with Gasteiger partial charge in [0.05, 0.1) is 6.61 Å². The molecule has 1 aliphatic heterocycles. The highest BCUT2D eigenvalue weighted by Gasteiger charge is 2.29. The molecule has 2 aromatic carbocycles. The number of carbonyl (C=O) groups is 1. The Balaban J connectivity index is 1.83. The van der Waals surface area contributed by atoms with Crippen LogP contribution in [0.3, 0.4) is 0 Å². The van der Waals surface area contributed by atoms with Gasteiger partial charge in [-0.3, -0.25) is 4.79 Å². The second-order valence-electron chi connectivity index (χ2n) is 6.92. The molecule has 0 saturated carbocycles. The van der Waals surface area contributed by atoms with E-state index in [-0.39, 0.29) is 16.2 Å². The number of sulfonamides is 1. The van der Waals surface area contributed by atoms with Crippen molar-refractivity contribution in [3.8, 4) is 5.75 Å². The molecule has 1 heterocycles. The van der Waals surface area contributed by atoms with Gasteiger partial charge in [-0.05, 0) is 62.2 Å². The highest BCUT2D eigenvalue weighted by atomic mass is 32.2. The fourth-order valence-corrected chi connectivity index (χ4v) is 5.47. The first-order valence-corrected chi connectivity index (χ1v) is 12.3. The van der Waals surface area contributed by atoms with Crippen LogP contribution in [0.5, 0.6) is 5.75 Å². The van der Waals surface area contributed by atoms with Crippen molar-refractivity contribution >= 4 is 33.4 Å². The molecular weight excluding hydrogens is 446 g/mol. The maximum atomic E-state index is 13.2. The summed E-state index contributed by atoms with van der Waals surface area (Å²) in [6.45, 7) is 2.97. The Morgan fingerprint density at radius 1 is 1.13 bits per heavy atom. The smallest absolute Gasteiger partial charge is 0.288 e. The van der Waals surface area contributed by atoms with Crippen LogP contribution in [0.15, 0.2) is 52.3 Å². The lowest BCUT2D eigenvalue weighted by Crippen LogP contribution is -2.35. The number of carbonyl (C=O) groups excluding carboxylic acids is 1. The Morgan fingerprint density at radius 3 is 2.42 bits per heavy atom. The molecule has 31 heavy (non-hydrogen) atoms. The number of halogens is 2. The number of anilines is 1. The van der Waals surface area contributed by atoms with Crippen molar-refractivity contribution in [3.05, 3.63) is 48.0 Å². The molecule has 6 nitrogen and oxygen atoms in total. The molecule has 1 aliphatic rings. The summed E-state index contributed by atoms with van der Waals surface area (Å²) in [5.74, 6) is -2.78. The van der Waals surface area contributed by atoms with E-state index in [2.05, 4.69) is 5.32 Å². The molecular formula is C21H24F2N2O4S2. The van der Waals surface area contributed by atoms with E-state index in [9.17, 15) is 22.0 Å². The average molecular weight is 471 g/mol. The number of nitrogens with one attached hydrogen (secondary N) is 1. The van der Waals surface area contributed by atoms with E-state index in [1.54, 1.807) is 13.0 Å². The van der Waals surface area contributed by atoms with Gasteiger partial charge in [0.2, 0.25) is 10.0 Å². The van der Waals surface area contributed by atoms with Gasteiger partial charge in [-0.1, -0.05) is 18.2 Å². The van der Waals surface area contributed by atoms with Crippen LogP contribution in [-0.2, 0) is 10.0 Å². The first-order chi connectivity index (χ1) is 14.8. The maximum absolute atomic E-state index is 13.2. The number of hydrogen-bond acceptors (Lipinski definition) is 5. The third-order valence-electron chi connectivity index (χ3n) is 4.78. The summed E-state index contributed by atoms with van der Waals surface area (Å²) < 4.78 is 58.2. The summed E-state index contributed by atoms with van der Waals surface area (Å²) in [6.07, 6.45) is 2.61. The summed E-state index contributed by atoms with van der Waals surface area (Å²) in [6, 6.07) is 10.3. The minimum absolute atomic E-state index is 0.0118. The lowest BCUT2D eigenvalue weighted by atomic mass is 10.2. The zero-order valence-corrected chi connectivity index (χ0v) is 18.6. The monoisotopic (exact) mass is 470 g/mol. The summed E-state index contributed by atoms with van der Waals surface area (Å²) in [7, 11) is -3.77. The van der Waals surface area contributed by atoms with Crippen molar-refractivity contribution in [2.75, 3.05) is 25.0 Å². The number of thioether (sulfide) groups is 1. The van der Waals surface area contributed by atoms with Gasteiger partial charge in [0.1, 0.15) is 10.6 Å². The average Bonchev–Trinajstić information content (AvgIpc) is 2.75. The molecule has 0 unspecified atom stereocenters. The fourth-order valence-electron chi connectivity index (χ4n) is 3.30. The number of piperidine rings is 1. The second-order valence-corrected chi connectivity index (χ2v) is 9.89. The number of nitrogens with zero attached hydrogens (tertiary/aromatic N) is 1. The molecule has 168 valence electrons. The first-order valence-electron chi connectivity index (χ1n) is 9.94. The van der Waals surface area contributed by atoms with E-state index < -0.39 is 21.7 Å². The molecule has 10 heteroatoms. The molecule has 0 bridgehead atoms. The van der Waals surface area contributed by atoms with Crippen molar-refractivity contribution in [1.29, 1.82) is 0 Å². The van der Waals surface area contributed by atoms with Crippen molar-refractivity contribution < 1.29 is 26.7 Å². The topological polar surface area (TPSA) is 75.7 Å². The molecule has 1 amide bonds. The van der Waals surface area contributed by atoms with Crippen molar-refractivity contribution in [3.63, 3.8) is 0 Å². The van der Waals surface area contributed by atoms with Gasteiger partial charge in [0.15, 0.2) is 0 Å². The van der Waals surface area contributed by atoms with Crippen LogP contribution in [0, 0.1) is 0 Å². The van der Waals surface area contributed by atoms with Crippen molar-refractivity contribution in [2.24, 2.45) is 0 Å². The summed E-state index contributed by atoms with van der Waals surface area (Å²) in [4.78, 5) is 12.9. The standard InChI is InChI=1S/C21H24F2N2O4S2/c1-2-29-18-11-8-16(14-19(18)31(27,28)25-12-4-3-5-13-25)24-20(26)15-6-9-17(10-7-15)30-21(22)23/h6-11,14,21H,2-5,12-13H2,1H3,(H,24,26). The predicted octanol–water partition coefficient (Wildman–Crippen LogP) is 4.83. The van der Waals surface area contributed by atoms with E-state index >= 15 is 0 Å².